The number of halogens is 1. The molecule has 0 radical (unpaired) electrons. The van der Waals surface area contributed by atoms with Crippen LogP contribution in [0.4, 0.5) is 0 Å². The number of aromatic nitrogens is 1. The molecular weight excluding hydrogens is 344 g/mol. The van der Waals surface area contributed by atoms with Crippen LogP contribution in [0.15, 0.2) is 24.5 Å². The van der Waals surface area contributed by atoms with Crippen LogP contribution in [-0.2, 0) is 16.8 Å². The van der Waals surface area contributed by atoms with Crippen molar-refractivity contribution in [2.24, 2.45) is 0 Å². The van der Waals surface area contributed by atoms with Crippen molar-refractivity contribution in [1.29, 1.82) is 0 Å². The van der Waals surface area contributed by atoms with Gasteiger partial charge in [0.2, 0.25) is 0 Å². The summed E-state index contributed by atoms with van der Waals surface area (Å²) in [7, 11) is 1.67. The molecule has 0 aromatic carbocycles. The van der Waals surface area contributed by atoms with Gasteiger partial charge in [-0.15, -0.1) is 11.3 Å². The molecule has 4 heterocycles. The summed E-state index contributed by atoms with van der Waals surface area (Å²) < 4.78 is 12.6. The van der Waals surface area contributed by atoms with E-state index in [1.807, 2.05) is 6.20 Å². The summed E-state index contributed by atoms with van der Waals surface area (Å²) >= 11 is 7.98. The Morgan fingerprint density at radius 3 is 3.08 bits per heavy atom. The number of fused-ring (bicyclic) bond motifs is 2. The van der Waals surface area contributed by atoms with E-state index in [0.717, 1.165) is 41.5 Å². The maximum absolute atomic E-state index is 6.39. The average Bonchev–Trinajstić information content (AvgIpc) is 2.96. The highest BCUT2D eigenvalue weighted by Gasteiger charge is 2.46. The van der Waals surface area contributed by atoms with Crippen molar-refractivity contribution in [3.8, 4) is 5.75 Å². The molecule has 0 unspecified atom stereocenters. The molecule has 2 aliphatic rings. The molecule has 0 bridgehead atoms. The maximum atomic E-state index is 6.39. The van der Waals surface area contributed by atoms with Gasteiger partial charge in [-0.2, -0.15) is 0 Å². The number of rotatable bonds is 2. The Morgan fingerprint density at radius 1 is 1.38 bits per heavy atom. The van der Waals surface area contributed by atoms with Crippen molar-refractivity contribution in [2.75, 3.05) is 13.7 Å². The average molecular weight is 365 g/mol. The van der Waals surface area contributed by atoms with Gasteiger partial charge < -0.3 is 14.8 Å². The second-order valence-corrected chi connectivity index (χ2v) is 8.37. The lowest BCUT2D eigenvalue weighted by Crippen LogP contribution is -2.49. The third kappa shape index (κ3) is 2.84. The van der Waals surface area contributed by atoms with E-state index in [1.54, 1.807) is 24.6 Å². The minimum atomic E-state index is -0.246. The molecule has 4 nitrogen and oxygen atoms in total. The van der Waals surface area contributed by atoms with Crippen molar-refractivity contribution in [1.82, 2.24) is 10.3 Å². The first-order chi connectivity index (χ1) is 11.6. The highest BCUT2D eigenvalue weighted by atomic mass is 35.5. The molecule has 0 amide bonds. The number of nitrogens with one attached hydrogen (secondary N) is 1. The summed E-state index contributed by atoms with van der Waals surface area (Å²) in [5, 5.41) is 3.69. The molecule has 4 rings (SSSR count). The Morgan fingerprint density at radius 2 is 2.25 bits per heavy atom. The third-order valence-electron chi connectivity index (χ3n) is 4.97. The second kappa shape index (κ2) is 6.30. The molecule has 0 aliphatic carbocycles. The van der Waals surface area contributed by atoms with E-state index in [0.29, 0.717) is 6.04 Å². The van der Waals surface area contributed by atoms with E-state index in [2.05, 4.69) is 29.4 Å². The smallest absolute Gasteiger partial charge is 0.137 e. The Hall–Kier alpha value is -1.14. The lowest BCUT2D eigenvalue weighted by atomic mass is 9.78. The molecule has 2 aromatic heterocycles. The standard InChI is InChI=1S/C18H21ClN2O2S/c1-11-7-18(17-12(3-4-23-18)6-16(19)24-17)8-15(21-11)13-5-14(22-2)10-20-9-13/h5-6,9-11,15,21H,3-4,7-8H2,1-2H3/t11-,15-,18-/m0/s1. The highest BCUT2D eigenvalue weighted by molar-refractivity contribution is 7.16. The fourth-order valence-corrected chi connectivity index (χ4v) is 5.48. The van der Waals surface area contributed by atoms with E-state index in [1.165, 1.54) is 10.4 Å². The van der Waals surface area contributed by atoms with Crippen LogP contribution in [0.1, 0.15) is 41.8 Å². The lowest BCUT2D eigenvalue weighted by molar-refractivity contribution is -0.0954. The quantitative estimate of drug-likeness (QED) is 0.871. The fraction of sp³-hybridized carbons (Fsp3) is 0.500. The van der Waals surface area contributed by atoms with Gasteiger partial charge in [-0.3, -0.25) is 4.98 Å². The van der Waals surface area contributed by atoms with Gasteiger partial charge in [0.25, 0.3) is 0 Å². The number of methoxy groups -OCH3 is 1. The molecule has 6 heteroatoms. The number of hydrogen-bond acceptors (Lipinski definition) is 5. The Kier molecular flexibility index (Phi) is 4.29. The summed E-state index contributed by atoms with van der Waals surface area (Å²) in [4.78, 5) is 5.63. The van der Waals surface area contributed by atoms with Crippen LogP contribution in [0.2, 0.25) is 4.34 Å². The summed E-state index contributed by atoms with van der Waals surface area (Å²) in [6.45, 7) is 2.98. The number of pyridine rings is 1. The first-order valence-corrected chi connectivity index (χ1v) is 9.47. The first kappa shape index (κ1) is 16.3. The molecule has 128 valence electrons. The molecule has 1 saturated heterocycles. The Labute approximate surface area is 151 Å². The number of thiophene rings is 1. The van der Waals surface area contributed by atoms with Crippen LogP contribution in [0, 0.1) is 0 Å². The van der Waals surface area contributed by atoms with Crippen molar-refractivity contribution in [3.63, 3.8) is 0 Å². The monoisotopic (exact) mass is 364 g/mol. The van der Waals surface area contributed by atoms with Gasteiger partial charge in [0.15, 0.2) is 0 Å². The predicted molar refractivity (Wildman–Crippen MR) is 96.0 cm³/mol. The minimum absolute atomic E-state index is 0.183. The predicted octanol–water partition coefficient (Wildman–Crippen LogP) is 4.09. The summed E-state index contributed by atoms with van der Waals surface area (Å²) in [5.74, 6) is 0.783. The zero-order valence-corrected chi connectivity index (χ0v) is 15.4. The maximum Gasteiger partial charge on any atom is 0.137 e. The van der Waals surface area contributed by atoms with Gasteiger partial charge in [-0.25, -0.2) is 0 Å². The molecular formula is C18H21ClN2O2S. The molecule has 0 saturated carbocycles. The topological polar surface area (TPSA) is 43.4 Å². The number of nitrogens with zero attached hydrogens (tertiary/aromatic N) is 1. The molecule has 24 heavy (non-hydrogen) atoms. The normalized spacial score (nSPS) is 29.5. The first-order valence-electron chi connectivity index (χ1n) is 8.27. The minimum Gasteiger partial charge on any atom is -0.495 e. The van der Waals surface area contributed by atoms with Crippen LogP contribution >= 0.6 is 22.9 Å². The molecule has 1 N–H and O–H groups in total. The zero-order valence-electron chi connectivity index (χ0n) is 13.8. The van der Waals surface area contributed by atoms with E-state index in [-0.39, 0.29) is 11.6 Å². The zero-order chi connectivity index (χ0) is 16.7. The SMILES string of the molecule is COc1cncc([C@@H]2C[C@]3(C[C@H](C)N2)OCCc2cc(Cl)sc23)c1. The van der Waals surface area contributed by atoms with Gasteiger partial charge in [0.05, 0.1) is 24.2 Å². The van der Waals surface area contributed by atoms with Crippen molar-refractivity contribution in [3.05, 3.63) is 44.9 Å². The van der Waals surface area contributed by atoms with Crippen LogP contribution in [0.5, 0.6) is 5.75 Å². The van der Waals surface area contributed by atoms with Gasteiger partial charge in [0, 0.05) is 29.6 Å². The van der Waals surface area contributed by atoms with E-state index in [9.17, 15) is 0 Å². The van der Waals surface area contributed by atoms with Crippen molar-refractivity contribution < 1.29 is 9.47 Å². The highest BCUT2D eigenvalue weighted by Crippen LogP contribution is 2.50. The van der Waals surface area contributed by atoms with Gasteiger partial charge in [0.1, 0.15) is 11.4 Å². The molecule has 1 spiro atoms. The summed E-state index contributed by atoms with van der Waals surface area (Å²) in [6.07, 6.45) is 6.45. The number of piperidine rings is 1. The molecule has 3 atom stereocenters. The van der Waals surface area contributed by atoms with E-state index < -0.39 is 0 Å². The van der Waals surface area contributed by atoms with Crippen LogP contribution in [-0.4, -0.2) is 24.7 Å². The summed E-state index contributed by atoms with van der Waals surface area (Å²) in [6, 6.07) is 4.70. The van der Waals surface area contributed by atoms with Crippen molar-refractivity contribution in [2.45, 2.75) is 43.9 Å². The van der Waals surface area contributed by atoms with Gasteiger partial charge >= 0.3 is 0 Å². The molecule has 1 fully saturated rings. The van der Waals surface area contributed by atoms with E-state index >= 15 is 0 Å². The largest absolute Gasteiger partial charge is 0.495 e. The Bertz CT molecular complexity index is 750. The van der Waals surface area contributed by atoms with Gasteiger partial charge in [-0.1, -0.05) is 11.6 Å². The van der Waals surface area contributed by atoms with Crippen LogP contribution in [0.25, 0.3) is 0 Å². The summed E-state index contributed by atoms with van der Waals surface area (Å²) in [5.41, 5.74) is 2.25. The van der Waals surface area contributed by atoms with E-state index in [4.69, 9.17) is 21.1 Å². The molecule has 2 aliphatic heterocycles. The lowest BCUT2D eigenvalue weighted by Gasteiger charge is -2.46. The van der Waals surface area contributed by atoms with Crippen LogP contribution in [0.3, 0.4) is 0 Å². The van der Waals surface area contributed by atoms with Gasteiger partial charge in [-0.05, 0) is 43.0 Å². The molecule has 2 aromatic rings. The van der Waals surface area contributed by atoms with Crippen molar-refractivity contribution >= 4 is 22.9 Å². The fourth-order valence-electron chi connectivity index (χ4n) is 4.01. The van der Waals surface area contributed by atoms with Crippen LogP contribution < -0.4 is 10.1 Å². The number of hydrogen-bond donors (Lipinski definition) is 1. The second-order valence-electron chi connectivity index (χ2n) is 6.68. The third-order valence-corrected chi connectivity index (χ3v) is 6.46. The number of ether oxygens (including phenoxy) is 2. The Balaban J connectivity index is 1.71.